The molecule has 1 unspecified atom stereocenters. The summed E-state index contributed by atoms with van der Waals surface area (Å²) in [6, 6.07) is 0. The smallest absolute Gasteiger partial charge is 0.310 e. The van der Waals surface area contributed by atoms with Gasteiger partial charge in [0, 0.05) is 24.2 Å². The number of nitrogens with zero attached hydrogens (tertiary/aromatic N) is 2. The lowest BCUT2D eigenvalue weighted by Gasteiger charge is -2.14. The van der Waals surface area contributed by atoms with Gasteiger partial charge in [-0.25, -0.2) is 9.98 Å². The number of aryl methyl sites for hydroxylation is 1. The molecule has 1 heterocycles. The molecule has 1 atom stereocenters. The van der Waals surface area contributed by atoms with Crippen LogP contribution in [-0.2, 0) is 16.1 Å². The number of rotatable bonds is 6. The largest absolute Gasteiger partial charge is 0.469 e. The standard InChI is InChI=1S/C13H22N4O2S/c1-5-14-13(16-6-9(2)12(18)19-4)17-8-11-15-7-10(3)20-11/h7,9H,5-6,8H2,1-4H3,(H2,14,16,17). The fourth-order valence-corrected chi connectivity index (χ4v) is 2.21. The van der Waals surface area contributed by atoms with Crippen molar-refractivity contribution in [3.8, 4) is 0 Å². The number of carbonyl (C=O) groups is 1. The maximum absolute atomic E-state index is 11.3. The number of esters is 1. The molecule has 0 saturated heterocycles. The zero-order valence-electron chi connectivity index (χ0n) is 12.4. The summed E-state index contributed by atoms with van der Waals surface area (Å²) in [6.07, 6.45) is 1.84. The summed E-state index contributed by atoms with van der Waals surface area (Å²) in [5, 5.41) is 7.24. The molecule has 1 rings (SSSR count). The van der Waals surface area contributed by atoms with Gasteiger partial charge in [0.25, 0.3) is 0 Å². The van der Waals surface area contributed by atoms with Crippen LogP contribution in [0.15, 0.2) is 11.2 Å². The van der Waals surface area contributed by atoms with Crippen LogP contribution in [0.5, 0.6) is 0 Å². The first-order valence-electron chi connectivity index (χ1n) is 6.58. The van der Waals surface area contributed by atoms with Crippen LogP contribution in [0.4, 0.5) is 0 Å². The summed E-state index contributed by atoms with van der Waals surface area (Å²) in [4.78, 5) is 21.2. The minimum atomic E-state index is -0.233. The quantitative estimate of drug-likeness (QED) is 0.470. The van der Waals surface area contributed by atoms with Gasteiger partial charge in [0.1, 0.15) is 5.01 Å². The average Bonchev–Trinajstić information content (AvgIpc) is 2.86. The molecule has 2 N–H and O–H groups in total. The first-order chi connectivity index (χ1) is 9.56. The Hall–Kier alpha value is -1.63. The fourth-order valence-electron chi connectivity index (χ4n) is 1.50. The highest BCUT2D eigenvalue weighted by Gasteiger charge is 2.13. The van der Waals surface area contributed by atoms with Crippen LogP contribution < -0.4 is 10.6 Å². The number of guanidine groups is 1. The minimum absolute atomic E-state index is 0.217. The summed E-state index contributed by atoms with van der Waals surface area (Å²) in [5.74, 6) is 0.228. The van der Waals surface area contributed by atoms with Crippen LogP contribution in [0.1, 0.15) is 23.7 Å². The molecule has 6 nitrogen and oxygen atoms in total. The second kappa shape index (κ2) is 8.52. The van der Waals surface area contributed by atoms with E-state index in [1.807, 2.05) is 27.0 Å². The number of nitrogens with one attached hydrogen (secondary N) is 2. The van der Waals surface area contributed by atoms with Gasteiger partial charge in [-0.1, -0.05) is 6.92 Å². The molecule has 0 saturated carbocycles. The third-order valence-electron chi connectivity index (χ3n) is 2.57. The Balaban J connectivity index is 2.52. The van der Waals surface area contributed by atoms with E-state index in [9.17, 15) is 4.79 Å². The highest BCUT2D eigenvalue weighted by atomic mass is 32.1. The molecule has 0 amide bonds. The van der Waals surface area contributed by atoms with Gasteiger partial charge in [0.15, 0.2) is 5.96 Å². The summed E-state index contributed by atoms with van der Waals surface area (Å²) in [7, 11) is 1.39. The Morgan fingerprint density at radius 3 is 2.85 bits per heavy atom. The van der Waals surface area contributed by atoms with E-state index < -0.39 is 0 Å². The molecule has 1 aromatic rings. The maximum Gasteiger partial charge on any atom is 0.310 e. The normalized spacial score (nSPS) is 12.9. The maximum atomic E-state index is 11.3. The molecular formula is C13H22N4O2S. The van der Waals surface area contributed by atoms with E-state index in [-0.39, 0.29) is 11.9 Å². The Morgan fingerprint density at radius 2 is 2.30 bits per heavy atom. The van der Waals surface area contributed by atoms with Crippen LogP contribution in [0.2, 0.25) is 0 Å². The number of hydrogen-bond acceptors (Lipinski definition) is 5. The molecule has 0 spiro atoms. The lowest BCUT2D eigenvalue weighted by Crippen LogP contribution is -2.40. The first-order valence-corrected chi connectivity index (χ1v) is 7.39. The van der Waals surface area contributed by atoms with Crippen molar-refractivity contribution in [1.82, 2.24) is 15.6 Å². The van der Waals surface area contributed by atoms with Gasteiger partial charge in [-0.15, -0.1) is 11.3 Å². The second-order valence-electron chi connectivity index (χ2n) is 4.36. The lowest BCUT2D eigenvalue weighted by atomic mass is 10.2. The number of ether oxygens (including phenoxy) is 1. The van der Waals surface area contributed by atoms with Gasteiger partial charge in [-0.3, -0.25) is 4.79 Å². The topological polar surface area (TPSA) is 75.6 Å². The van der Waals surface area contributed by atoms with Gasteiger partial charge in [-0.2, -0.15) is 0 Å². The number of aliphatic imine (C=N–C) groups is 1. The lowest BCUT2D eigenvalue weighted by molar-refractivity contribution is -0.144. The number of carbonyl (C=O) groups excluding carboxylic acids is 1. The van der Waals surface area contributed by atoms with E-state index in [2.05, 4.69) is 25.3 Å². The summed E-state index contributed by atoms with van der Waals surface area (Å²) in [6.45, 7) is 7.60. The Bertz CT molecular complexity index is 459. The molecule has 7 heteroatoms. The third kappa shape index (κ3) is 5.56. The van der Waals surface area contributed by atoms with Crippen molar-refractivity contribution in [2.45, 2.75) is 27.3 Å². The van der Waals surface area contributed by atoms with Crippen LogP contribution >= 0.6 is 11.3 Å². The van der Waals surface area contributed by atoms with Gasteiger partial charge < -0.3 is 15.4 Å². The van der Waals surface area contributed by atoms with Crippen molar-refractivity contribution >= 4 is 23.3 Å². The molecule has 0 radical (unpaired) electrons. The SMILES string of the molecule is CCNC(=NCc1ncc(C)s1)NCC(C)C(=O)OC. The van der Waals surface area contributed by atoms with E-state index in [4.69, 9.17) is 0 Å². The molecule has 0 aromatic carbocycles. The fraction of sp³-hybridized carbons (Fsp3) is 0.615. The second-order valence-corrected chi connectivity index (χ2v) is 5.68. The minimum Gasteiger partial charge on any atom is -0.469 e. The monoisotopic (exact) mass is 298 g/mol. The van der Waals surface area contributed by atoms with Crippen LogP contribution in [0.3, 0.4) is 0 Å². The molecular weight excluding hydrogens is 276 g/mol. The molecule has 0 aliphatic carbocycles. The van der Waals surface area contributed by atoms with E-state index in [0.29, 0.717) is 19.0 Å². The summed E-state index contributed by atoms with van der Waals surface area (Å²) < 4.78 is 4.69. The van der Waals surface area contributed by atoms with Crippen LogP contribution in [0, 0.1) is 12.8 Å². The number of hydrogen-bond donors (Lipinski definition) is 2. The van der Waals surface area contributed by atoms with Gasteiger partial charge in [0.05, 0.1) is 19.6 Å². The van der Waals surface area contributed by atoms with Crippen molar-refractivity contribution in [3.63, 3.8) is 0 Å². The van der Waals surface area contributed by atoms with Gasteiger partial charge >= 0.3 is 5.97 Å². The molecule has 20 heavy (non-hydrogen) atoms. The molecule has 1 aromatic heterocycles. The summed E-state index contributed by atoms with van der Waals surface area (Å²) >= 11 is 1.63. The Morgan fingerprint density at radius 1 is 1.55 bits per heavy atom. The zero-order chi connectivity index (χ0) is 15.0. The number of aromatic nitrogens is 1. The van der Waals surface area contributed by atoms with Gasteiger partial charge in [0.2, 0.25) is 0 Å². The van der Waals surface area contributed by atoms with E-state index in [1.54, 1.807) is 11.3 Å². The molecule has 0 aliphatic heterocycles. The van der Waals surface area contributed by atoms with Gasteiger partial charge in [-0.05, 0) is 13.8 Å². The molecule has 0 aliphatic rings. The Labute approximate surface area is 123 Å². The van der Waals surface area contributed by atoms with Crippen molar-refractivity contribution in [2.75, 3.05) is 20.2 Å². The predicted molar refractivity (Wildman–Crippen MR) is 80.8 cm³/mol. The van der Waals surface area contributed by atoms with Crippen LogP contribution in [-0.4, -0.2) is 37.1 Å². The van der Waals surface area contributed by atoms with Crippen molar-refractivity contribution in [2.24, 2.45) is 10.9 Å². The molecule has 112 valence electrons. The number of thiazole rings is 1. The summed E-state index contributed by atoms with van der Waals surface area (Å²) in [5.41, 5.74) is 0. The van der Waals surface area contributed by atoms with Crippen molar-refractivity contribution in [1.29, 1.82) is 0 Å². The van der Waals surface area contributed by atoms with E-state index in [0.717, 1.165) is 11.6 Å². The highest BCUT2D eigenvalue weighted by molar-refractivity contribution is 7.11. The zero-order valence-corrected chi connectivity index (χ0v) is 13.2. The molecule has 0 bridgehead atoms. The Kier molecular flexibility index (Phi) is 7.00. The highest BCUT2D eigenvalue weighted by Crippen LogP contribution is 2.11. The molecule has 0 fully saturated rings. The number of methoxy groups -OCH3 is 1. The van der Waals surface area contributed by atoms with Crippen LogP contribution in [0.25, 0.3) is 0 Å². The third-order valence-corrected chi connectivity index (χ3v) is 3.46. The van der Waals surface area contributed by atoms with Crippen molar-refractivity contribution in [3.05, 3.63) is 16.1 Å². The van der Waals surface area contributed by atoms with Crippen molar-refractivity contribution < 1.29 is 9.53 Å². The first kappa shape index (κ1) is 16.4. The predicted octanol–water partition coefficient (Wildman–Crippen LogP) is 1.32. The average molecular weight is 298 g/mol. The van der Waals surface area contributed by atoms with E-state index >= 15 is 0 Å². The van der Waals surface area contributed by atoms with E-state index in [1.165, 1.54) is 12.0 Å².